The van der Waals surface area contributed by atoms with Crippen LogP contribution in [0.25, 0.3) is 0 Å². The van der Waals surface area contributed by atoms with Crippen molar-refractivity contribution in [3.05, 3.63) is 102 Å². The number of aliphatic hydroxyl groups excluding tert-OH is 1. The highest BCUT2D eigenvalue weighted by Crippen LogP contribution is 2.35. The summed E-state index contributed by atoms with van der Waals surface area (Å²) in [5.41, 5.74) is 1.73. The number of imide groups is 1. The Kier molecular flexibility index (Phi) is 19.1. The number of aliphatic hydroxyl groups is 1. The standard InChI is InChI=1S/C48H65N5O8S/c1-2-3-10-30-41(45(56)52-42(34-35-21-11-8-12-22-35)43(54)46(57)49-31-32-50-62(60,61)37-25-13-9-14-26-37)51-44(55)38(36-23-16-17-24-36)27-15-6-4-5-7-20-33-53-47(58)39-28-18-19-29-40(39)48(53)59/h8-9,11-14,18-19,21-22,25-26,28-29,36,38,41-43,50,54H,2-7,10,15-17,20,23-24,27,30-34H2,1H3,(H,49,57)(H,51,55)(H,52,56)/t38?,41-,42-,43?/m0/s1. The van der Waals surface area contributed by atoms with Gasteiger partial charge in [-0.25, -0.2) is 13.1 Å². The van der Waals surface area contributed by atoms with Crippen LogP contribution in [0.15, 0.2) is 89.8 Å². The molecular formula is C48H65N5O8S. The molecule has 1 heterocycles. The number of amides is 5. The molecule has 62 heavy (non-hydrogen) atoms. The number of nitrogens with one attached hydrogen (secondary N) is 4. The van der Waals surface area contributed by atoms with Crippen molar-refractivity contribution in [3.63, 3.8) is 0 Å². The van der Waals surface area contributed by atoms with Gasteiger partial charge in [0.25, 0.3) is 17.7 Å². The molecule has 1 fully saturated rings. The van der Waals surface area contributed by atoms with Crippen LogP contribution in [0.1, 0.15) is 130 Å². The van der Waals surface area contributed by atoms with E-state index in [2.05, 4.69) is 27.6 Å². The number of hydrogen-bond donors (Lipinski definition) is 5. The minimum atomic E-state index is -3.79. The number of carbonyl (C=O) groups excluding carboxylic acids is 5. The second-order valence-electron chi connectivity index (χ2n) is 16.7. The molecule has 1 saturated carbocycles. The molecule has 1 aliphatic heterocycles. The third-order valence-corrected chi connectivity index (χ3v) is 13.6. The number of fused-ring (bicyclic) bond motifs is 1. The number of sulfonamides is 1. The molecule has 3 aromatic carbocycles. The van der Waals surface area contributed by atoms with Crippen LogP contribution in [-0.4, -0.2) is 85.8 Å². The van der Waals surface area contributed by atoms with Crippen molar-refractivity contribution in [2.45, 2.75) is 133 Å². The predicted molar refractivity (Wildman–Crippen MR) is 238 cm³/mol. The number of carbonyl (C=O) groups is 5. The van der Waals surface area contributed by atoms with Gasteiger partial charge in [0.1, 0.15) is 6.04 Å². The Balaban J connectivity index is 1.14. The first-order valence-corrected chi connectivity index (χ1v) is 24.1. The average molecular weight is 872 g/mol. The number of unbranched alkanes of at least 4 members (excludes halogenated alkanes) is 7. The third kappa shape index (κ3) is 14.0. The van der Waals surface area contributed by atoms with Crippen LogP contribution >= 0.6 is 0 Å². The first-order chi connectivity index (χ1) is 30.0. The van der Waals surface area contributed by atoms with Gasteiger partial charge in [-0.1, -0.05) is 132 Å². The first-order valence-electron chi connectivity index (χ1n) is 22.6. The molecule has 0 spiro atoms. The Morgan fingerprint density at radius 2 is 1.27 bits per heavy atom. The van der Waals surface area contributed by atoms with Gasteiger partial charge in [-0.05, 0) is 74.3 Å². The van der Waals surface area contributed by atoms with Gasteiger partial charge in [0.05, 0.1) is 22.1 Å². The Morgan fingerprint density at radius 3 is 1.92 bits per heavy atom. The summed E-state index contributed by atoms with van der Waals surface area (Å²) in [5.74, 6) is -1.80. The van der Waals surface area contributed by atoms with Crippen LogP contribution < -0.4 is 20.7 Å². The van der Waals surface area contributed by atoms with Crippen molar-refractivity contribution in [2.75, 3.05) is 19.6 Å². The number of hydrogen-bond acceptors (Lipinski definition) is 8. The van der Waals surface area contributed by atoms with Gasteiger partial charge in [0, 0.05) is 25.6 Å². The lowest BCUT2D eigenvalue weighted by molar-refractivity contribution is -0.135. The van der Waals surface area contributed by atoms with E-state index in [9.17, 15) is 37.5 Å². The normalized spacial score (nSPS) is 16.1. The van der Waals surface area contributed by atoms with Gasteiger partial charge >= 0.3 is 0 Å². The van der Waals surface area contributed by atoms with Gasteiger partial charge in [0.2, 0.25) is 21.8 Å². The maximum Gasteiger partial charge on any atom is 0.261 e. The fourth-order valence-corrected chi connectivity index (χ4v) is 9.66. The highest BCUT2D eigenvalue weighted by molar-refractivity contribution is 7.89. The van der Waals surface area contributed by atoms with Crippen molar-refractivity contribution in [1.82, 2.24) is 25.6 Å². The van der Waals surface area contributed by atoms with E-state index in [1.807, 2.05) is 30.3 Å². The zero-order valence-corrected chi connectivity index (χ0v) is 36.9. The van der Waals surface area contributed by atoms with Crippen LogP contribution in [-0.2, 0) is 30.8 Å². The van der Waals surface area contributed by atoms with Crippen LogP contribution in [0.2, 0.25) is 0 Å². The Labute approximate surface area is 367 Å². The van der Waals surface area contributed by atoms with Crippen molar-refractivity contribution in [1.29, 1.82) is 0 Å². The van der Waals surface area contributed by atoms with E-state index in [0.717, 1.165) is 82.6 Å². The summed E-state index contributed by atoms with van der Waals surface area (Å²) in [5, 5.41) is 20.0. The molecule has 0 aromatic heterocycles. The maximum absolute atomic E-state index is 14.2. The largest absolute Gasteiger partial charge is 0.381 e. The van der Waals surface area contributed by atoms with E-state index in [-0.39, 0.29) is 54.0 Å². The summed E-state index contributed by atoms with van der Waals surface area (Å²) < 4.78 is 27.7. The Hall–Kier alpha value is -4.92. The van der Waals surface area contributed by atoms with E-state index in [1.54, 1.807) is 42.5 Å². The number of benzene rings is 3. The monoisotopic (exact) mass is 871 g/mol. The van der Waals surface area contributed by atoms with E-state index in [4.69, 9.17) is 0 Å². The summed E-state index contributed by atoms with van der Waals surface area (Å²) in [7, 11) is -3.79. The molecule has 0 bridgehead atoms. The summed E-state index contributed by atoms with van der Waals surface area (Å²) >= 11 is 0. The van der Waals surface area contributed by atoms with Gasteiger partial charge in [-0.3, -0.25) is 28.9 Å². The highest BCUT2D eigenvalue weighted by atomic mass is 32.2. The first kappa shape index (κ1) is 48.1. The fourth-order valence-electron chi connectivity index (χ4n) is 8.60. The topological polar surface area (TPSA) is 191 Å². The van der Waals surface area contributed by atoms with E-state index in [1.165, 1.54) is 17.0 Å². The highest BCUT2D eigenvalue weighted by Gasteiger charge is 2.36. The van der Waals surface area contributed by atoms with E-state index < -0.39 is 40.0 Å². The molecule has 2 aliphatic rings. The molecule has 14 heteroatoms. The number of rotatable bonds is 27. The smallest absolute Gasteiger partial charge is 0.261 e. The molecule has 0 saturated heterocycles. The van der Waals surface area contributed by atoms with Crippen molar-refractivity contribution in [2.24, 2.45) is 11.8 Å². The summed E-state index contributed by atoms with van der Waals surface area (Å²) in [6.45, 7) is 2.27. The second-order valence-corrected chi connectivity index (χ2v) is 18.4. The van der Waals surface area contributed by atoms with Crippen LogP contribution in [0.3, 0.4) is 0 Å². The summed E-state index contributed by atoms with van der Waals surface area (Å²) in [6, 6.07) is 22.1. The van der Waals surface area contributed by atoms with Gasteiger partial charge in [-0.15, -0.1) is 0 Å². The van der Waals surface area contributed by atoms with Gasteiger partial charge < -0.3 is 21.1 Å². The predicted octanol–water partition coefficient (Wildman–Crippen LogP) is 6.07. The van der Waals surface area contributed by atoms with Crippen LogP contribution in [0, 0.1) is 11.8 Å². The van der Waals surface area contributed by atoms with E-state index in [0.29, 0.717) is 36.9 Å². The van der Waals surface area contributed by atoms with Crippen molar-refractivity contribution in [3.8, 4) is 0 Å². The average Bonchev–Trinajstić information content (AvgIpc) is 3.90. The molecule has 336 valence electrons. The zero-order valence-electron chi connectivity index (χ0n) is 36.1. The zero-order chi connectivity index (χ0) is 44.3. The number of nitrogens with zero attached hydrogens (tertiary/aromatic N) is 1. The molecule has 2 unspecified atom stereocenters. The van der Waals surface area contributed by atoms with Crippen LogP contribution in [0.4, 0.5) is 0 Å². The van der Waals surface area contributed by atoms with Gasteiger partial charge in [0.15, 0.2) is 6.10 Å². The SMILES string of the molecule is CCCCC[C@H](NC(=O)C(CCCCCCCCN1C(=O)c2ccccc2C1=O)C1CCCC1)C(=O)N[C@@H](Cc1ccccc1)C(O)C(=O)NCCNS(=O)(=O)c1ccccc1. The molecule has 13 nitrogen and oxygen atoms in total. The molecule has 1 aliphatic carbocycles. The van der Waals surface area contributed by atoms with E-state index >= 15 is 0 Å². The van der Waals surface area contributed by atoms with Crippen LogP contribution in [0.5, 0.6) is 0 Å². The Bertz CT molecular complexity index is 1990. The third-order valence-electron chi connectivity index (χ3n) is 12.1. The minimum absolute atomic E-state index is 0.0923. The van der Waals surface area contributed by atoms with Crippen molar-refractivity contribution < 1.29 is 37.5 Å². The molecule has 4 atom stereocenters. The lowest BCUT2D eigenvalue weighted by atomic mass is 9.85. The molecule has 3 aromatic rings. The van der Waals surface area contributed by atoms with Crippen molar-refractivity contribution >= 4 is 39.6 Å². The molecule has 5 rings (SSSR count). The second kappa shape index (κ2) is 24.6. The quantitative estimate of drug-likeness (QED) is 0.0451. The van der Waals surface area contributed by atoms with Gasteiger partial charge in [-0.2, -0.15) is 0 Å². The minimum Gasteiger partial charge on any atom is -0.381 e. The Morgan fingerprint density at radius 1 is 0.694 bits per heavy atom. The molecule has 0 radical (unpaired) electrons. The lowest BCUT2D eigenvalue weighted by Gasteiger charge is -2.29. The summed E-state index contributed by atoms with van der Waals surface area (Å²) in [4.78, 5) is 68.4. The molecule has 5 amide bonds. The molecule has 5 N–H and O–H groups in total. The fraction of sp³-hybridized carbons (Fsp3) is 0.521. The summed E-state index contributed by atoms with van der Waals surface area (Å²) in [6.07, 6.45) is 11.6. The lowest BCUT2D eigenvalue weighted by Crippen LogP contribution is -2.57. The maximum atomic E-state index is 14.2. The molecular weight excluding hydrogens is 807 g/mol.